The van der Waals surface area contributed by atoms with Gasteiger partial charge in [0.25, 0.3) is 0 Å². The molecule has 0 radical (unpaired) electrons. The van der Waals surface area contributed by atoms with Crippen LogP contribution < -0.4 is 0 Å². The monoisotopic (exact) mass is 276 g/mol. The van der Waals surface area contributed by atoms with Gasteiger partial charge >= 0.3 is 5.97 Å². The number of ketones is 1. The molecule has 1 atom stereocenters. The first-order valence-corrected chi connectivity index (χ1v) is 6.42. The molecule has 3 N–H and O–H groups in total. The maximum atomic E-state index is 11.7. The van der Waals surface area contributed by atoms with Crippen molar-refractivity contribution in [2.45, 2.75) is 31.8 Å². The average Bonchev–Trinajstić information content (AvgIpc) is 2.36. The molecule has 0 spiro atoms. The summed E-state index contributed by atoms with van der Waals surface area (Å²) in [6.07, 6.45) is 0.289. The van der Waals surface area contributed by atoms with Crippen LogP contribution in [0.3, 0.4) is 0 Å². The summed E-state index contributed by atoms with van der Waals surface area (Å²) < 4.78 is 0. The zero-order chi connectivity index (χ0) is 14.7. The summed E-state index contributed by atoms with van der Waals surface area (Å²) in [5.74, 6) is -1.55. The Morgan fingerprint density at radius 3 is 2.40 bits per heavy atom. The van der Waals surface area contributed by atoms with E-state index < -0.39 is 17.9 Å². The van der Waals surface area contributed by atoms with Gasteiger partial charge in [0.05, 0.1) is 6.10 Å². The van der Waals surface area contributed by atoms with Crippen LogP contribution in [0.5, 0.6) is 5.75 Å². The first kappa shape index (κ1) is 14.3. The number of aliphatic hydroxyl groups excluding tert-OH is 1. The second kappa shape index (κ2) is 5.88. The number of phenols is 1. The van der Waals surface area contributed by atoms with Crippen LogP contribution in [0.2, 0.25) is 0 Å². The van der Waals surface area contributed by atoms with E-state index in [4.69, 9.17) is 5.11 Å². The van der Waals surface area contributed by atoms with E-state index in [0.717, 1.165) is 5.56 Å². The number of aromatic hydroxyl groups is 1. The number of hydrogen-bond acceptors (Lipinski definition) is 4. The predicted octanol–water partition coefficient (Wildman–Crippen LogP) is 1.43. The molecule has 1 aromatic rings. The van der Waals surface area contributed by atoms with Gasteiger partial charge in [0.15, 0.2) is 5.78 Å². The third kappa shape index (κ3) is 3.24. The van der Waals surface area contributed by atoms with E-state index in [1.807, 2.05) is 0 Å². The summed E-state index contributed by atoms with van der Waals surface area (Å²) in [5, 5.41) is 27.9. The zero-order valence-corrected chi connectivity index (χ0v) is 10.9. The minimum absolute atomic E-state index is 0.121. The van der Waals surface area contributed by atoms with Gasteiger partial charge in [-0.3, -0.25) is 4.79 Å². The normalized spacial score (nSPS) is 19.2. The van der Waals surface area contributed by atoms with E-state index in [9.17, 15) is 19.8 Å². The van der Waals surface area contributed by atoms with Crippen LogP contribution in [0, 0.1) is 0 Å². The van der Waals surface area contributed by atoms with E-state index in [2.05, 4.69) is 0 Å². The summed E-state index contributed by atoms with van der Waals surface area (Å²) in [6, 6.07) is 6.61. The number of carboxylic acid groups (broad SMARTS) is 1. The lowest BCUT2D eigenvalue weighted by atomic mass is 9.85. The number of Topliss-reactive ketones (excluding diaryl/α,β-unsaturated/α-hetero) is 1. The molecule has 0 aliphatic heterocycles. The molecule has 0 bridgehead atoms. The van der Waals surface area contributed by atoms with Gasteiger partial charge < -0.3 is 15.3 Å². The van der Waals surface area contributed by atoms with Gasteiger partial charge in [-0.15, -0.1) is 0 Å². The van der Waals surface area contributed by atoms with Crippen molar-refractivity contribution in [1.29, 1.82) is 0 Å². The molecule has 1 aromatic carbocycles. The minimum atomic E-state index is -1.22. The van der Waals surface area contributed by atoms with Crippen molar-refractivity contribution >= 4 is 11.8 Å². The molecule has 0 saturated heterocycles. The molecule has 5 heteroatoms. The maximum Gasteiger partial charge on any atom is 0.339 e. The van der Waals surface area contributed by atoms with Crippen LogP contribution in [0.1, 0.15) is 24.8 Å². The van der Waals surface area contributed by atoms with E-state index >= 15 is 0 Å². The Kier molecular flexibility index (Phi) is 4.20. The van der Waals surface area contributed by atoms with Crippen LogP contribution in [-0.4, -0.2) is 33.2 Å². The molecule has 0 amide bonds. The fourth-order valence-corrected chi connectivity index (χ4v) is 2.43. The number of aliphatic hydroxyl groups is 1. The summed E-state index contributed by atoms with van der Waals surface area (Å²) in [6.45, 7) is 0. The number of carbonyl (C=O) groups excluding carboxylic acids is 1. The third-order valence-electron chi connectivity index (χ3n) is 3.40. The highest BCUT2D eigenvalue weighted by Gasteiger charge is 2.30. The molecule has 20 heavy (non-hydrogen) atoms. The Morgan fingerprint density at radius 1 is 1.15 bits per heavy atom. The highest BCUT2D eigenvalue weighted by atomic mass is 16.4. The molecule has 1 aliphatic rings. The molecule has 2 rings (SSSR count). The molecule has 0 saturated carbocycles. The van der Waals surface area contributed by atoms with Crippen molar-refractivity contribution < 1.29 is 24.9 Å². The minimum Gasteiger partial charge on any atom is -0.508 e. The largest absolute Gasteiger partial charge is 0.508 e. The Balaban J connectivity index is 2.16. The van der Waals surface area contributed by atoms with Gasteiger partial charge in [0.1, 0.15) is 11.3 Å². The van der Waals surface area contributed by atoms with Crippen LogP contribution in [-0.2, 0) is 16.0 Å². The quantitative estimate of drug-likeness (QED) is 0.723. The third-order valence-corrected chi connectivity index (χ3v) is 3.40. The van der Waals surface area contributed by atoms with Crippen LogP contribution in [0.25, 0.3) is 0 Å². The smallest absolute Gasteiger partial charge is 0.339 e. The lowest BCUT2D eigenvalue weighted by molar-refractivity contribution is -0.135. The van der Waals surface area contributed by atoms with Crippen LogP contribution in [0.15, 0.2) is 35.4 Å². The fourth-order valence-electron chi connectivity index (χ4n) is 2.43. The first-order valence-electron chi connectivity index (χ1n) is 6.42. The number of hydrogen-bond donors (Lipinski definition) is 3. The molecule has 106 valence electrons. The second-order valence-corrected chi connectivity index (χ2v) is 4.94. The Hall–Kier alpha value is -2.14. The van der Waals surface area contributed by atoms with Crippen molar-refractivity contribution in [2.24, 2.45) is 0 Å². The van der Waals surface area contributed by atoms with E-state index in [1.165, 1.54) is 0 Å². The van der Waals surface area contributed by atoms with Crippen molar-refractivity contribution in [1.82, 2.24) is 0 Å². The number of aryl methyl sites for hydroxylation is 1. The Morgan fingerprint density at radius 2 is 1.80 bits per heavy atom. The predicted molar refractivity (Wildman–Crippen MR) is 71.3 cm³/mol. The summed E-state index contributed by atoms with van der Waals surface area (Å²) in [4.78, 5) is 22.8. The average molecular weight is 276 g/mol. The number of phenolic OH excluding ortho intramolecular Hbond substituents is 1. The highest BCUT2D eigenvalue weighted by Crippen LogP contribution is 2.27. The van der Waals surface area contributed by atoms with Crippen molar-refractivity contribution in [2.75, 3.05) is 0 Å². The number of carbonyl (C=O) groups is 2. The van der Waals surface area contributed by atoms with Gasteiger partial charge in [-0.05, 0) is 42.5 Å². The van der Waals surface area contributed by atoms with Gasteiger partial charge in [0.2, 0.25) is 0 Å². The molecule has 0 heterocycles. The lowest BCUT2D eigenvalue weighted by Gasteiger charge is -2.21. The number of rotatable bonds is 4. The maximum absolute atomic E-state index is 11.7. The summed E-state index contributed by atoms with van der Waals surface area (Å²) >= 11 is 0. The Labute approximate surface area is 116 Å². The van der Waals surface area contributed by atoms with Gasteiger partial charge in [-0.1, -0.05) is 12.1 Å². The standard InChI is InChI=1S/C15H16O5/c16-11-5-2-9(3-6-11)1-4-10-7-12(17)8-13(18)14(10)15(19)20/h2-3,5-6,12,16-17H,1,4,7-8H2,(H,19,20). The first-order chi connectivity index (χ1) is 9.47. The molecule has 0 fully saturated rings. The topological polar surface area (TPSA) is 94.8 Å². The van der Waals surface area contributed by atoms with Crippen molar-refractivity contribution in [3.63, 3.8) is 0 Å². The molecule has 0 aromatic heterocycles. The van der Waals surface area contributed by atoms with Gasteiger partial charge in [-0.25, -0.2) is 4.79 Å². The number of carboxylic acids is 1. The van der Waals surface area contributed by atoms with E-state index in [0.29, 0.717) is 18.4 Å². The zero-order valence-electron chi connectivity index (χ0n) is 10.9. The Bertz CT molecular complexity index is 556. The lowest BCUT2D eigenvalue weighted by Crippen LogP contribution is -2.27. The molecular formula is C15H16O5. The summed E-state index contributed by atoms with van der Waals surface area (Å²) in [5.41, 5.74) is 1.26. The second-order valence-electron chi connectivity index (χ2n) is 4.94. The summed E-state index contributed by atoms with van der Waals surface area (Å²) in [7, 11) is 0. The van der Waals surface area contributed by atoms with Crippen LogP contribution >= 0.6 is 0 Å². The highest BCUT2D eigenvalue weighted by molar-refractivity contribution is 6.18. The fraction of sp³-hybridized carbons (Fsp3) is 0.333. The van der Waals surface area contributed by atoms with Crippen LogP contribution in [0.4, 0.5) is 0 Å². The van der Waals surface area contributed by atoms with E-state index in [-0.39, 0.29) is 24.2 Å². The molecule has 1 aliphatic carbocycles. The van der Waals surface area contributed by atoms with Gasteiger partial charge in [-0.2, -0.15) is 0 Å². The number of aliphatic carboxylic acids is 1. The molecule has 1 unspecified atom stereocenters. The number of benzene rings is 1. The van der Waals surface area contributed by atoms with Gasteiger partial charge in [0, 0.05) is 6.42 Å². The van der Waals surface area contributed by atoms with Crippen molar-refractivity contribution in [3.05, 3.63) is 41.0 Å². The SMILES string of the molecule is O=C(O)C1=C(CCc2ccc(O)cc2)CC(O)CC1=O. The van der Waals surface area contributed by atoms with E-state index in [1.54, 1.807) is 24.3 Å². The van der Waals surface area contributed by atoms with Crippen molar-refractivity contribution in [3.8, 4) is 5.75 Å². The molecular weight excluding hydrogens is 260 g/mol. The molecule has 5 nitrogen and oxygen atoms in total.